The standard InChI is InChI=1S/C16H23N7O/c1-22-9-12-13(3-2-4-14(12)21-22)19-16(24)23-7-5-11(6-8-23)15-17-10-18-20-15/h9-11,13H,2-8H2,1H3,(H,19,24)(H,17,18,20). The predicted octanol–water partition coefficient (Wildman–Crippen LogP) is 1.50. The Morgan fingerprint density at radius 3 is 2.92 bits per heavy atom. The summed E-state index contributed by atoms with van der Waals surface area (Å²) in [6, 6.07) is 0.120. The molecule has 1 unspecified atom stereocenters. The van der Waals surface area contributed by atoms with Gasteiger partial charge in [0.15, 0.2) is 0 Å². The van der Waals surface area contributed by atoms with Crippen molar-refractivity contribution in [3.8, 4) is 0 Å². The van der Waals surface area contributed by atoms with E-state index in [4.69, 9.17) is 0 Å². The van der Waals surface area contributed by atoms with Crippen LogP contribution in [0.15, 0.2) is 12.5 Å². The van der Waals surface area contributed by atoms with Gasteiger partial charge >= 0.3 is 6.03 Å². The number of likely N-dealkylation sites (tertiary alicyclic amines) is 1. The molecule has 128 valence electrons. The lowest BCUT2D eigenvalue weighted by atomic mass is 9.93. The van der Waals surface area contributed by atoms with Crippen LogP contribution in [0.5, 0.6) is 0 Å². The molecule has 2 aromatic heterocycles. The molecule has 0 radical (unpaired) electrons. The predicted molar refractivity (Wildman–Crippen MR) is 87.3 cm³/mol. The smallest absolute Gasteiger partial charge is 0.317 e. The van der Waals surface area contributed by atoms with Gasteiger partial charge in [-0.25, -0.2) is 9.78 Å². The number of carbonyl (C=O) groups is 1. The van der Waals surface area contributed by atoms with E-state index < -0.39 is 0 Å². The number of hydrogen-bond donors (Lipinski definition) is 2. The molecule has 1 atom stereocenters. The molecular formula is C16H23N7O. The number of carbonyl (C=O) groups excluding carboxylic acids is 1. The maximum atomic E-state index is 12.6. The number of H-pyrrole nitrogens is 1. The first-order valence-electron chi connectivity index (χ1n) is 8.64. The van der Waals surface area contributed by atoms with Crippen LogP contribution in [0.4, 0.5) is 4.79 Å². The van der Waals surface area contributed by atoms with Gasteiger partial charge in [-0.15, -0.1) is 0 Å². The minimum atomic E-state index is 0.0349. The summed E-state index contributed by atoms with van der Waals surface area (Å²) < 4.78 is 1.85. The van der Waals surface area contributed by atoms with Gasteiger partial charge in [0, 0.05) is 37.8 Å². The van der Waals surface area contributed by atoms with Gasteiger partial charge in [0.05, 0.1) is 11.7 Å². The van der Waals surface area contributed by atoms with E-state index in [-0.39, 0.29) is 12.1 Å². The number of piperidine rings is 1. The number of fused-ring (bicyclic) bond motifs is 1. The molecule has 0 saturated carbocycles. The van der Waals surface area contributed by atoms with Gasteiger partial charge in [0.25, 0.3) is 0 Å². The minimum Gasteiger partial charge on any atom is -0.331 e. The first-order chi connectivity index (χ1) is 11.7. The van der Waals surface area contributed by atoms with Gasteiger partial charge in [-0.3, -0.25) is 9.78 Å². The normalized spacial score (nSPS) is 21.5. The van der Waals surface area contributed by atoms with Gasteiger partial charge in [-0.2, -0.15) is 10.2 Å². The summed E-state index contributed by atoms with van der Waals surface area (Å²) in [4.78, 5) is 18.8. The lowest BCUT2D eigenvalue weighted by molar-refractivity contribution is 0.175. The zero-order chi connectivity index (χ0) is 16.5. The monoisotopic (exact) mass is 329 g/mol. The summed E-state index contributed by atoms with van der Waals surface area (Å²) in [5.41, 5.74) is 2.30. The zero-order valence-electron chi connectivity index (χ0n) is 13.9. The molecule has 1 aliphatic heterocycles. The Hall–Kier alpha value is -2.38. The Balaban J connectivity index is 1.36. The molecule has 0 spiro atoms. The highest BCUT2D eigenvalue weighted by molar-refractivity contribution is 5.75. The van der Waals surface area contributed by atoms with Crippen LogP contribution in [0.25, 0.3) is 0 Å². The molecule has 1 saturated heterocycles. The molecule has 1 fully saturated rings. The van der Waals surface area contributed by atoms with Crippen LogP contribution in [0.2, 0.25) is 0 Å². The molecule has 4 rings (SSSR count). The van der Waals surface area contributed by atoms with Crippen molar-refractivity contribution in [2.24, 2.45) is 7.05 Å². The van der Waals surface area contributed by atoms with E-state index >= 15 is 0 Å². The van der Waals surface area contributed by atoms with Crippen molar-refractivity contribution in [2.75, 3.05) is 13.1 Å². The zero-order valence-corrected chi connectivity index (χ0v) is 13.9. The van der Waals surface area contributed by atoms with E-state index in [0.29, 0.717) is 5.92 Å². The molecule has 2 aromatic rings. The maximum Gasteiger partial charge on any atom is 0.317 e. The Morgan fingerprint density at radius 2 is 2.17 bits per heavy atom. The van der Waals surface area contributed by atoms with Gasteiger partial charge in [0.1, 0.15) is 12.2 Å². The second-order valence-electron chi connectivity index (χ2n) is 6.73. The number of aromatic amines is 1. The molecule has 8 nitrogen and oxygen atoms in total. The summed E-state index contributed by atoms with van der Waals surface area (Å²) in [7, 11) is 1.94. The molecule has 2 aliphatic rings. The van der Waals surface area contributed by atoms with Crippen LogP contribution in [0.1, 0.15) is 54.7 Å². The number of nitrogens with zero attached hydrogens (tertiary/aromatic N) is 5. The number of aryl methyl sites for hydroxylation is 2. The third kappa shape index (κ3) is 2.88. The average molecular weight is 329 g/mol. The minimum absolute atomic E-state index is 0.0349. The van der Waals surface area contributed by atoms with Crippen molar-refractivity contribution in [3.63, 3.8) is 0 Å². The van der Waals surface area contributed by atoms with Crippen molar-refractivity contribution in [1.29, 1.82) is 0 Å². The second-order valence-corrected chi connectivity index (χ2v) is 6.73. The average Bonchev–Trinajstić information content (AvgIpc) is 3.24. The van der Waals surface area contributed by atoms with Crippen LogP contribution >= 0.6 is 0 Å². The summed E-state index contributed by atoms with van der Waals surface area (Å²) >= 11 is 0. The molecule has 2 amide bonds. The van der Waals surface area contributed by atoms with Crippen molar-refractivity contribution < 1.29 is 4.79 Å². The Kier molecular flexibility index (Phi) is 3.95. The quantitative estimate of drug-likeness (QED) is 0.873. The van der Waals surface area contributed by atoms with Crippen molar-refractivity contribution in [1.82, 2.24) is 35.2 Å². The Morgan fingerprint density at radius 1 is 1.33 bits per heavy atom. The lowest BCUT2D eigenvalue weighted by Gasteiger charge is -2.33. The van der Waals surface area contributed by atoms with Crippen LogP contribution in [0, 0.1) is 0 Å². The number of urea groups is 1. The fourth-order valence-corrected chi connectivity index (χ4v) is 3.83. The van der Waals surface area contributed by atoms with Crippen LogP contribution in [0.3, 0.4) is 0 Å². The second kappa shape index (κ2) is 6.26. The van der Waals surface area contributed by atoms with E-state index in [0.717, 1.165) is 56.7 Å². The van der Waals surface area contributed by atoms with E-state index in [1.807, 2.05) is 22.8 Å². The highest BCUT2D eigenvalue weighted by Gasteiger charge is 2.29. The van der Waals surface area contributed by atoms with Crippen molar-refractivity contribution in [2.45, 2.75) is 44.1 Å². The Labute approximate surface area is 140 Å². The van der Waals surface area contributed by atoms with Crippen molar-refractivity contribution in [3.05, 3.63) is 29.6 Å². The summed E-state index contributed by atoms with van der Waals surface area (Å²) in [6.45, 7) is 1.51. The first-order valence-corrected chi connectivity index (χ1v) is 8.64. The maximum absolute atomic E-state index is 12.6. The van der Waals surface area contributed by atoms with E-state index in [9.17, 15) is 4.79 Å². The van der Waals surface area contributed by atoms with E-state index in [1.54, 1.807) is 6.33 Å². The fraction of sp³-hybridized carbons (Fsp3) is 0.625. The molecule has 0 bridgehead atoms. The molecule has 3 heterocycles. The summed E-state index contributed by atoms with van der Waals surface area (Å²) in [6.07, 6.45) is 8.49. The molecule has 8 heteroatoms. The number of rotatable bonds is 2. The van der Waals surface area contributed by atoms with Crippen LogP contribution in [-0.4, -0.2) is 49.0 Å². The van der Waals surface area contributed by atoms with E-state index in [2.05, 4.69) is 25.6 Å². The van der Waals surface area contributed by atoms with Gasteiger partial charge in [-0.1, -0.05) is 0 Å². The highest BCUT2D eigenvalue weighted by atomic mass is 16.2. The third-order valence-corrected chi connectivity index (χ3v) is 5.12. The van der Waals surface area contributed by atoms with Gasteiger partial charge in [0.2, 0.25) is 0 Å². The molecule has 2 N–H and O–H groups in total. The number of hydrogen-bond acceptors (Lipinski definition) is 4. The number of amides is 2. The molecule has 1 aliphatic carbocycles. The first kappa shape index (κ1) is 15.2. The summed E-state index contributed by atoms with van der Waals surface area (Å²) in [5, 5.41) is 14.6. The van der Waals surface area contributed by atoms with Crippen LogP contribution in [-0.2, 0) is 13.5 Å². The van der Waals surface area contributed by atoms with Gasteiger partial charge in [-0.05, 0) is 32.1 Å². The molecule has 24 heavy (non-hydrogen) atoms. The highest BCUT2D eigenvalue weighted by Crippen LogP contribution is 2.30. The van der Waals surface area contributed by atoms with Crippen LogP contribution < -0.4 is 5.32 Å². The molecule has 0 aromatic carbocycles. The van der Waals surface area contributed by atoms with E-state index in [1.165, 1.54) is 5.56 Å². The third-order valence-electron chi connectivity index (χ3n) is 5.12. The van der Waals surface area contributed by atoms with Gasteiger partial charge < -0.3 is 10.2 Å². The fourth-order valence-electron chi connectivity index (χ4n) is 3.83. The molecular weight excluding hydrogens is 306 g/mol. The van der Waals surface area contributed by atoms with Crippen molar-refractivity contribution >= 4 is 6.03 Å². The number of nitrogens with one attached hydrogen (secondary N) is 2. The summed E-state index contributed by atoms with van der Waals surface area (Å²) in [5.74, 6) is 1.30. The topological polar surface area (TPSA) is 91.7 Å². The SMILES string of the molecule is Cn1cc2c(n1)CCCC2NC(=O)N1CCC(c2ncn[nH]2)CC1. The Bertz CT molecular complexity index is 700. The lowest BCUT2D eigenvalue weighted by Crippen LogP contribution is -2.45. The number of aromatic nitrogens is 5. The largest absolute Gasteiger partial charge is 0.331 e.